The van der Waals surface area contributed by atoms with Gasteiger partial charge in [0, 0.05) is 5.69 Å². The minimum absolute atomic E-state index is 0.372. The highest BCUT2D eigenvalue weighted by atomic mass is 32.2. The van der Waals surface area contributed by atoms with Crippen LogP contribution in [0.15, 0.2) is 48.5 Å². The van der Waals surface area contributed by atoms with Crippen LogP contribution in [0.4, 0.5) is 11.4 Å². The summed E-state index contributed by atoms with van der Waals surface area (Å²) in [6, 6.07) is 13.9. The Bertz CT molecular complexity index is 877. The molecule has 0 aromatic heterocycles. The molecule has 1 atom stereocenters. The normalized spacial score (nSPS) is 12.4. The van der Waals surface area contributed by atoms with Crippen LogP contribution in [0, 0.1) is 6.92 Å². The van der Waals surface area contributed by atoms with Gasteiger partial charge in [-0.3, -0.25) is 9.10 Å². The van der Waals surface area contributed by atoms with Crippen LogP contribution in [0.3, 0.4) is 0 Å². The van der Waals surface area contributed by atoms with E-state index in [1.165, 1.54) is 5.56 Å². The van der Waals surface area contributed by atoms with Crippen LogP contribution >= 0.6 is 0 Å². The molecule has 2 aromatic rings. The average Bonchev–Trinajstić information content (AvgIpc) is 2.60. The second-order valence-corrected chi connectivity index (χ2v) is 8.72. The maximum atomic E-state index is 12.7. The lowest BCUT2D eigenvalue weighted by Crippen LogP contribution is -2.45. The molecule has 0 bridgehead atoms. The van der Waals surface area contributed by atoms with E-state index in [2.05, 4.69) is 12.2 Å². The number of benzene rings is 2. The van der Waals surface area contributed by atoms with Gasteiger partial charge < -0.3 is 5.32 Å². The van der Waals surface area contributed by atoms with Crippen molar-refractivity contribution < 1.29 is 13.2 Å². The third kappa shape index (κ3) is 5.82. The molecule has 27 heavy (non-hydrogen) atoms. The fourth-order valence-corrected chi connectivity index (χ4v) is 4.12. The highest BCUT2D eigenvalue weighted by Gasteiger charge is 2.29. The molecule has 0 aliphatic rings. The number of nitrogens with one attached hydrogen (secondary N) is 1. The molecule has 0 saturated heterocycles. The molecule has 0 aliphatic heterocycles. The molecule has 1 N–H and O–H groups in total. The molecule has 2 rings (SSSR count). The van der Waals surface area contributed by atoms with Crippen LogP contribution in [-0.4, -0.2) is 26.6 Å². The van der Waals surface area contributed by atoms with Gasteiger partial charge in [-0.15, -0.1) is 0 Å². The van der Waals surface area contributed by atoms with Crippen molar-refractivity contribution in [2.75, 3.05) is 15.9 Å². The van der Waals surface area contributed by atoms with Gasteiger partial charge in [0.25, 0.3) is 0 Å². The summed E-state index contributed by atoms with van der Waals surface area (Å²) in [6.07, 6.45) is 4.39. The molecular formula is C21H28N2O3S. The van der Waals surface area contributed by atoms with Crippen molar-refractivity contribution in [1.82, 2.24) is 0 Å². The Balaban J connectivity index is 2.17. The van der Waals surface area contributed by atoms with E-state index >= 15 is 0 Å². The van der Waals surface area contributed by atoms with Crippen LogP contribution in [0.2, 0.25) is 0 Å². The number of aryl methyl sites for hydroxylation is 2. The van der Waals surface area contributed by atoms with Gasteiger partial charge in [0.2, 0.25) is 15.9 Å². The molecule has 0 spiro atoms. The van der Waals surface area contributed by atoms with Gasteiger partial charge in [0.1, 0.15) is 6.04 Å². The van der Waals surface area contributed by atoms with E-state index in [9.17, 15) is 13.2 Å². The standard InChI is InChI=1S/C21H28N2O3S/c1-5-6-9-18-11-13-19(14-12-18)22-21(24)17(3)23(27(4,25)26)20-10-7-8-16(2)15-20/h7-8,10-15,17H,5-6,9H2,1-4H3,(H,22,24)/t17-/m0/s1. The molecule has 1 amide bonds. The number of sulfonamides is 1. The molecule has 6 heteroatoms. The quantitative estimate of drug-likeness (QED) is 0.739. The van der Waals surface area contributed by atoms with Gasteiger partial charge in [-0.25, -0.2) is 8.42 Å². The summed E-state index contributed by atoms with van der Waals surface area (Å²) < 4.78 is 25.8. The number of hydrogen-bond acceptors (Lipinski definition) is 3. The van der Waals surface area contributed by atoms with Crippen molar-refractivity contribution in [3.05, 3.63) is 59.7 Å². The molecule has 5 nitrogen and oxygen atoms in total. The number of hydrogen-bond donors (Lipinski definition) is 1. The predicted molar refractivity (Wildman–Crippen MR) is 112 cm³/mol. The third-order valence-electron chi connectivity index (χ3n) is 4.39. The monoisotopic (exact) mass is 388 g/mol. The average molecular weight is 389 g/mol. The number of rotatable bonds is 8. The summed E-state index contributed by atoms with van der Waals surface area (Å²) >= 11 is 0. The van der Waals surface area contributed by atoms with Crippen molar-refractivity contribution in [1.29, 1.82) is 0 Å². The number of carbonyl (C=O) groups excluding carboxylic acids is 1. The van der Waals surface area contributed by atoms with Crippen LogP contribution in [0.1, 0.15) is 37.8 Å². The van der Waals surface area contributed by atoms with Crippen LogP contribution in [0.25, 0.3) is 0 Å². The lowest BCUT2D eigenvalue weighted by atomic mass is 10.1. The molecular weight excluding hydrogens is 360 g/mol. The SMILES string of the molecule is CCCCc1ccc(NC(=O)[C@H](C)N(c2cccc(C)c2)S(C)(=O)=O)cc1. The molecule has 0 saturated carbocycles. The van der Waals surface area contributed by atoms with Gasteiger partial charge in [-0.2, -0.15) is 0 Å². The van der Waals surface area contributed by atoms with E-state index in [0.29, 0.717) is 11.4 Å². The second-order valence-electron chi connectivity index (χ2n) is 6.86. The minimum atomic E-state index is -3.62. The first-order valence-electron chi connectivity index (χ1n) is 9.18. The van der Waals surface area contributed by atoms with Crippen LogP contribution < -0.4 is 9.62 Å². The first-order valence-corrected chi connectivity index (χ1v) is 11.0. The van der Waals surface area contributed by atoms with E-state index in [-0.39, 0.29) is 5.91 Å². The van der Waals surface area contributed by atoms with Crippen molar-refractivity contribution in [3.8, 4) is 0 Å². The topological polar surface area (TPSA) is 66.5 Å². The highest BCUT2D eigenvalue weighted by Crippen LogP contribution is 2.23. The minimum Gasteiger partial charge on any atom is -0.324 e. The lowest BCUT2D eigenvalue weighted by Gasteiger charge is -2.28. The van der Waals surface area contributed by atoms with Crippen LogP contribution in [-0.2, 0) is 21.2 Å². The first-order chi connectivity index (χ1) is 12.7. The zero-order valence-electron chi connectivity index (χ0n) is 16.4. The molecule has 2 aromatic carbocycles. The Hall–Kier alpha value is -2.34. The van der Waals surface area contributed by atoms with Crippen molar-refractivity contribution in [3.63, 3.8) is 0 Å². The zero-order valence-corrected chi connectivity index (χ0v) is 17.2. The van der Waals surface area contributed by atoms with Gasteiger partial charge in [0.15, 0.2) is 0 Å². The van der Waals surface area contributed by atoms with Crippen molar-refractivity contribution in [2.45, 2.75) is 46.1 Å². The Kier molecular flexibility index (Phi) is 7.02. The van der Waals surface area contributed by atoms with Crippen molar-refractivity contribution in [2.24, 2.45) is 0 Å². The Morgan fingerprint density at radius 2 is 1.81 bits per heavy atom. The van der Waals surface area contributed by atoms with E-state index in [1.54, 1.807) is 25.1 Å². The molecule has 0 heterocycles. The first kappa shape index (κ1) is 21.0. The van der Waals surface area contributed by atoms with E-state index in [0.717, 1.165) is 35.4 Å². The Labute approximate surface area is 162 Å². The highest BCUT2D eigenvalue weighted by molar-refractivity contribution is 7.92. The Morgan fingerprint density at radius 3 is 2.37 bits per heavy atom. The van der Waals surface area contributed by atoms with Gasteiger partial charge in [-0.05, 0) is 62.1 Å². The Morgan fingerprint density at radius 1 is 1.15 bits per heavy atom. The maximum Gasteiger partial charge on any atom is 0.247 e. The summed E-state index contributed by atoms with van der Waals surface area (Å²) in [5, 5.41) is 2.82. The lowest BCUT2D eigenvalue weighted by molar-refractivity contribution is -0.116. The molecule has 146 valence electrons. The largest absolute Gasteiger partial charge is 0.324 e. The van der Waals surface area contributed by atoms with Gasteiger partial charge in [-0.1, -0.05) is 37.6 Å². The van der Waals surface area contributed by atoms with Crippen molar-refractivity contribution >= 4 is 27.3 Å². The maximum absolute atomic E-state index is 12.7. The number of amides is 1. The molecule has 0 unspecified atom stereocenters. The number of unbranched alkanes of at least 4 members (excludes halogenated alkanes) is 1. The van der Waals surface area contributed by atoms with E-state index < -0.39 is 16.1 Å². The zero-order chi connectivity index (χ0) is 20.0. The summed E-state index contributed by atoms with van der Waals surface area (Å²) in [4.78, 5) is 12.7. The summed E-state index contributed by atoms with van der Waals surface area (Å²) in [5.41, 5.74) is 3.29. The van der Waals surface area contributed by atoms with E-state index in [1.807, 2.05) is 37.3 Å². The smallest absolute Gasteiger partial charge is 0.247 e. The molecule has 0 radical (unpaired) electrons. The summed E-state index contributed by atoms with van der Waals surface area (Å²) in [7, 11) is -3.62. The van der Waals surface area contributed by atoms with Gasteiger partial charge >= 0.3 is 0 Å². The summed E-state index contributed by atoms with van der Waals surface area (Å²) in [6.45, 7) is 5.63. The second kappa shape index (κ2) is 9.04. The van der Waals surface area contributed by atoms with Crippen LogP contribution in [0.5, 0.6) is 0 Å². The fraction of sp³-hybridized carbons (Fsp3) is 0.381. The summed E-state index contributed by atoms with van der Waals surface area (Å²) in [5.74, 6) is -0.372. The fourth-order valence-electron chi connectivity index (χ4n) is 2.96. The number of anilines is 2. The predicted octanol–water partition coefficient (Wildman–Crippen LogP) is 4.13. The number of nitrogens with zero attached hydrogens (tertiary/aromatic N) is 1. The third-order valence-corrected chi connectivity index (χ3v) is 5.63. The molecule has 0 fully saturated rings. The molecule has 0 aliphatic carbocycles. The number of carbonyl (C=O) groups is 1. The van der Waals surface area contributed by atoms with Gasteiger partial charge in [0.05, 0.1) is 11.9 Å². The van der Waals surface area contributed by atoms with E-state index in [4.69, 9.17) is 0 Å².